The van der Waals surface area contributed by atoms with Gasteiger partial charge in [-0.1, -0.05) is 105 Å². The van der Waals surface area contributed by atoms with Gasteiger partial charge in [0.15, 0.2) is 6.54 Å². The molecular weight excluding hydrogens is 602 g/mol. The lowest BCUT2D eigenvalue weighted by Gasteiger charge is -2.22. The van der Waals surface area contributed by atoms with Gasteiger partial charge >= 0.3 is 0 Å². The van der Waals surface area contributed by atoms with Gasteiger partial charge in [0.1, 0.15) is 4.70 Å². The van der Waals surface area contributed by atoms with Crippen LogP contribution in [-0.4, -0.2) is 37.7 Å². The molecule has 0 saturated heterocycles. The van der Waals surface area contributed by atoms with E-state index in [0.29, 0.717) is 6.54 Å². The fraction of sp³-hybridized carbons (Fsp3) is 0.432. The molecule has 44 heavy (non-hydrogen) atoms. The molecule has 2 heterocycles. The van der Waals surface area contributed by atoms with Crippen molar-refractivity contribution >= 4 is 56.7 Å². The molecule has 2 aromatic carbocycles. The SMILES string of the molecule is CCCCC[n+]1c(/C=C/C2=C(Cl)C(=C/C=C3/Sc4ccccc4N3CC[O-])/CCC2)sc2ccccc21.CCN(CC)CC. The van der Waals surface area contributed by atoms with Crippen molar-refractivity contribution in [2.75, 3.05) is 37.7 Å². The van der Waals surface area contributed by atoms with Gasteiger partial charge < -0.3 is 14.9 Å². The summed E-state index contributed by atoms with van der Waals surface area (Å²) in [4.78, 5) is 5.70. The van der Waals surface area contributed by atoms with Crippen molar-refractivity contribution in [1.82, 2.24) is 4.90 Å². The highest BCUT2D eigenvalue weighted by molar-refractivity contribution is 8.03. The highest BCUT2D eigenvalue weighted by atomic mass is 35.5. The Morgan fingerprint density at radius 1 is 0.932 bits per heavy atom. The molecule has 0 amide bonds. The van der Waals surface area contributed by atoms with Crippen molar-refractivity contribution in [3.8, 4) is 0 Å². The molecule has 1 aliphatic heterocycles. The predicted octanol–water partition coefficient (Wildman–Crippen LogP) is 9.16. The molecule has 5 rings (SSSR count). The van der Waals surface area contributed by atoms with Crippen LogP contribution in [0.3, 0.4) is 0 Å². The lowest BCUT2D eigenvalue weighted by atomic mass is 9.94. The monoisotopic (exact) mass is 649 g/mol. The summed E-state index contributed by atoms with van der Waals surface area (Å²) in [6.45, 7) is 13.8. The maximum atomic E-state index is 11.5. The third kappa shape index (κ3) is 8.88. The summed E-state index contributed by atoms with van der Waals surface area (Å²) in [5.41, 5.74) is 4.81. The van der Waals surface area contributed by atoms with Gasteiger partial charge in [-0.05, 0) is 80.7 Å². The molecule has 0 radical (unpaired) electrons. The molecule has 1 aromatic heterocycles. The minimum Gasteiger partial charge on any atom is -0.853 e. The van der Waals surface area contributed by atoms with E-state index in [9.17, 15) is 5.11 Å². The number of para-hydroxylation sites is 2. The van der Waals surface area contributed by atoms with E-state index in [4.69, 9.17) is 11.6 Å². The molecule has 0 fully saturated rings. The van der Waals surface area contributed by atoms with E-state index in [0.717, 1.165) is 41.6 Å². The van der Waals surface area contributed by atoms with Crippen LogP contribution in [-0.2, 0) is 6.54 Å². The van der Waals surface area contributed by atoms with Crippen molar-refractivity contribution in [1.29, 1.82) is 0 Å². The van der Waals surface area contributed by atoms with Crippen LogP contribution in [0.4, 0.5) is 5.69 Å². The molecule has 2 aliphatic rings. The highest BCUT2D eigenvalue weighted by Crippen LogP contribution is 2.45. The van der Waals surface area contributed by atoms with Crippen molar-refractivity contribution in [2.45, 2.75) is 77.7 Å². The summed E-state index contributed by atoms with van der Waals surface area (Å²) in [6.07, 6.45) is 15.5. The Labute approximate surface area is 278 Å². The summed E-state index contributed by atoms with van der Waals surface area (Å²) in [6, 6.07) is 17.0. The van der Waals surface area contributed by atoms with Gasteiger partial charge in [-0.25, -0.2) is 0 Å². The maximum absolute atomic E-state index is 11.5. The number of unbranched alkanes of at least 4 members (excludes halogenated alkanes) is 2. The lowest BCUT2D eigenvalue weighted by molar-refractivity contribution is -0.669. The molecule has 1 aliphatic carbocycles. The zero-order valence-corrected chi connectivity index (χ0v) is 29.2. The molecule has 236 valence electrons. The Hall–Kier alpha value is -2.35. The van der Waals surface area contributed by atoms with Gasteiger partial charge in [-0.2, -0.15) is 4.57 Å². The zero-order chi connectivity index (χ0) is 31.3. The number of fused-ring (bicyclic) bond motifs is 2. The second-order valence-corrected chi connectivity index (χ2v) is 13.5. The van der Waals surface area contributed by atoms with Crippen LogP contribution < -0.4 is 14.6 Å². The molecule has 0 bridgehead atoms. The van der Waals surface area contributed by atoms with E-state index in [1.165, 1.54) is 70.2 Å². The maximum Gasteiger partial charge on any atom is 0.262 e. The minimum absolute atomic E-state index is 0.130. The Bertz CT molecular complexity index is 1480. The predicted molar refractivity (Wildman–Crippen MR) is 191 cm³/mol. The number of rotatable bonds is 12. The Morgan fingerprint density at radius 2 is 1.68 bits per heavy atom. The smallest absolute Gasteiger partial charge is 0.262 e. The summed E-state index contributed by atoms with van der Waals surface area (Å²) < 4.78 is 3.79. The van der Waals surface area contributed by atoms with E-state index < -0.39 is 0 Å². The standard InChI is InChI=1S/C31H33ClN2OS2.C6H15N/c1-2-3-8-20-33-25-12-4-6-14-27(25)36-29(33)18-16-23-10-9-11-24(31(23)32)17-19-30-34(21-22-35)26-13-5-7-15-28(26)37-30;1-4-7(5-2)6-3/h4-7,12-19H,2-3,8-11,20-22H2,1H3;4-6H2,1-3H3. The third-order valence-electron chi connectivity index (χ3n) is 8.23. The number of aromatic nitrogens is 1. The molecule has 0 spiro atoms. The normalized spacial score (nSPS) is 16.9. The highest BCUT2D eigenvalue weighted by Gasteiger charge is 2.23. The Morgan fingerprint density at radius 3 is 2.41 bits per heavy atom. The summed E-state index contributed by atoms with van der Waals surface area (Å²) >= 11 is 10.5. The van der Waals surface area contributed by atoms with Crippen LogP contribution in [0, 0.1) is 0 Å². The number of thioether (sulfide) groups is 1. The van der Waals surface area contributed by atoms with E-state index >= 15 is 0 Å². The molecule has 4 nitrogen and oxygen atoms in total. The number of nitrogens with zero attached hydrogens (tertiary/aromatic N) is 3. The first kappa shape index (κ1) is 34.5. The first-order valence-electron chi connectivity index (χ1n) is 16.3. The van der Waals surface area contributed by atoms with Gasteiger partial charge in [0, 0.05) is 35.0 Å². The minimum atomic E-state index is -0.130. The van der Waals surface area contributed by atoms with E-state index in [-0.39, 0.29) is 6.61 Å². The average molecular weight is 650 g/mol. The van der Waals surface area contributed by atoms with Gasteiger partial charge in [0.2, 0.25) is 5.52 Å². The van der Waals surface area contributed by atoms with Gasteiger partial charge in [0.05, 0.1) is 10.7 Å². The van der Waals surface area contributed by atoms with E-state index in [1.807, 2.05) is 23.5 Å². The van der Waals surface area contributed by atoms with Crippen molar-refractivity contribution < 1.29 is 9.67 Å². The van der Waals surface area contributed by atoms with Crippen molar-refractivity contribution in [3.05, 3.63) is 93.0 Å². The first-order chi connectivity index (χ1) is 21.5. The molecule has 0 saturated carbocycles. The Balaban J connectivity index is 0.000000566. The molecule has 0 atom stereocenters. The number of benzene rings is 2. The number of thiazole rings is 1. The second-order valence-electron chi connectivity index (χ2n) is 11.0. The number of hydrogen-bond acceptors (Lipinski definition) is 5. The van der Waals surface area contributed by atoms with Crippen molar-refractivity contribution in [2.24, 2.45) is 0 Å². The van der Waals surface area contributed by atoms with Crippen molar-refractivity contribution in [3.63, 3.8) is 0 Å². The molecule has 0 N–H and O–H groups in total. The van der Waals surface area contributed by atoms with Crippen LogP contribution >= 0.6 is 34.7 Å². The number of anilines is 1. The lowest BCUT2D eigenvalue weighted by Crippen LogP contribution is -2.35. The average Bonchev–Trinajstić information content (AvgIpc) is 3.59. The van der Waals surface area contributed by atoms with Crippen LogP contribution in [0.15, 0.2) is 92.9 Å². The number of hydrogen-bond donors (Lipinski definition) is 0. The number of aryl methyl sites for hydroxylation is 1. The topological polar surface area (TPSA) is 33.4 Å². The zero-order valence-electron chi connectivity index (χ0n) is 26.9. The van der Waals surface area contributed by atoms with Crippen LogP contribution in [0.25, 0.3) is 16.3 Å². The van der Waals surface area contributed by atoms with Gasteiger partial charge in [0.25, 0.3) is 5.01 Å². The van der Waals surface area contributed by atoms with E-state index in [2.05, 4.69) is 103 Å². The number of halogens is 1. The molecule has 7 heteroatoms. The van der Waals surface area contributed by atoms with Gasteiger partial charge in [-0.15, -0.1) is 6.61 Å². The van der Waals surface area contributed by atoms with Crippen LogP contribution in [0.5, 0.6) is 0 Å². The van der Waals surface area contributed by atoms with Gasteiger partial charge in [-0.3, -0.25) is 0 Å². The summed E-state index contributed by atoms with van der Waals surface area (Å²) in [7, 11) is 0. The largest absolute Gasteiger partial charge is 0.853 e. The molecule has 3 aromatic rings. The van der Waals surface area contributed by atoms with Crippen LogP contribution in [0.2, 0.25) is 0 Å². The quantitative estimate of drug-likeness (QED) is 0.145. The second kappa shape index (κ2) is 18.0. The van der Waals surface area contributed by atoms with E-state index in [1.54, 1.807) is 11.8 Å². The molecule has 0 unspecified atom stereocenters. The first-order valence-corrected chi connectivity index (χ1v) is 18.3. The fourth-order valence-electron chi connectivity index (χ4n) is 5.65. The number of allylic oxidation sites excluding steroid dienone is 6. The summed E-state index contributed by atoms with van der Waals surface area (Å²) in [5.74, 6) is 0. The summed E-state index contributed by atoms with van der Waals surface area (Å²) in [5, 5.41) is 14.7. The third-order valence-corrected chi connectivity index (χ3v) is 11.0. The Kier molecular flexibility index (Phi) is 14.1. The van der Waals surface area contributed by atoms with Crippen LogP contribution in [0.1, 0.15) is 71.2 Å². The fourth-order valence-corrected chi connectivity index (χ4v) is 8.15. The molecular formula is C37H48ClN3OS2.